The van der Waals surface area contributed by atoms with E-state index in [2.05, 4.69) is 25.9 Å². The Kier molecular flexibility index (Phi) is 2.89. The Bertz CT molecular complexity index is 416. The van der Waals surface area contributed by atoms with Crippen LogP contribution in [0.25, 0.3) is 0 Å². The molecule has 14 heavy (non-hydrogen) atoms. The molecule has 1 heterocycles. The largest absolute Gasteiger partial charge is 0.335 e. The third-order valence-electron chi connectivity index (χ3n) is 0.980. The number of urea groups is 1. The molecule has 0 aromatic carbocycles. The molecule has 0 aliphatic heterocycles. The van der Waals surface area contributed by atoms with Crippen LogP contribution in [0.5, 0.6) is 0 Å². The number of rotatable bonds is 2. The Hall–Kier alpha value is -1.81. The lowest BCUT2D eigenvalue weighted by atomic mass is 10.6. The van der Waals surface area contributed by atoms with Gasteiger partial charge in [0.05, 0.1) is 6.20 Å². The van der Waals surface area contributed by atoms with Gasteiger partial charge >= 0.3 is 6.03 Å². The van der Waals surface area contributed by atoms with Gasteiger partial charge in [-0.3, -0.25) is 5.32 Å². The summed E-state index contributed by atoms with van der Waals surface area (Å²) < 4.78 is 22.3. The van der Waals surface area contributed by atoms with E-state index in [9.17, 15) is 13.2 Å². The summed E-state index contributed by atoms with van der Waals surface area (Å²) in [6, 6.07) is 0.309. The van der Waals surface area contributed by atoms with E-state index in [1.54, 1.807) is 0 Å². The highest BCUT2D eigenvalue weighted by atomic mass is 32.2. The molecule has 0 saturated heterocycles. The Morgan fingerprint density at radius 3 is 2.71 bits per heavy atom. The molecule has 1 aromatic heterocycles. The number of nitrogens with one attached hydrogen (secondary N) is 2. The second kappa shape index (κ2) is 3.93. The second-order valence-corrected chi connectivity index (χ2v) is 3.40. The van der Waals surface area contributed by atoms with Crippen molar-refractivity contribution in [2.24, 2.45) is 5.14 Å². The maximum absolute atomic E-state index is 10.9. The molecule has 4 N–H and O–H groups in total. The van der Waals surface area contributed by atoms with Crippen molar-refractivity contribution in [3.05, 3.63) is 12.3 Å². The first-order valence-corrected chi connectivity index (χ1v) is 4.78. The van der Waals surface area contributed by atoms with Crippen molar-refractivity contribution in [1.29, 1.82) is 0 Å². The zero-order valence-corrected chi connectivity index (χ0v) is 7.52. The number of aromatic nitrogens is 3. The summed E-state index contributed by atoms with van der Waals surface area (Å²) >= 11 is 0. The first-order chi connectivity index (χ1) is 6.47. The first-order valence-electron chi connectivity index (χ1n) is 3.23. The van der Waals surface area contributed by atoms with Gasteiger partial charge in [0.1, 0.15) is 0 Å². The summed E-state index contributed by atoms with van der Waals surface area (Å²) in [7, 11) is -4.07. The van der Waals surface area contributed by atoms with Crippen molar-refractivity contribution >= 4 is 22.1 Å². The van der Waals surface area contributed by atoms with E-state index in [1.807, 2.05) is 0 Å². The summed E-state index contributed by atoms with van der Waals surface area (Å²) in [5.41, 5.74) is 0. The van der Waals surface area contributed by atoms with E-state index in [0.29, 0.717) is 0 Å². The molecule has 0 saturated carbocycles. The summed E-state index contributed by atoms with van der Waals surface area (Å²) in [5, 5.41) is 16.6. The fourth-order valence-electron chi connectivity index (χ4n) is 0.579. The average molecular weight is 218 g/mol. The van der Waals surface area contributed by atoms with E-state index in [0.717, 1.165) is 0 Å². The van der Waals surface area contributed by atoms with Crippen LogP contribution in [0.4, 0.5) is 10.6 Å². The predicted molar refractivity (Wildman–Crippen MR) is 45.1 cm³/mol. The van der Waals surface area contributed by atoms with Gasteiger partial charge in [-0.1, -0.05) is 0 Å². The number of carbonyl (C=O) groups is 1. The zero-order chi connectivity index (χ0) is 10.6. The van der Waals surface area contributed by atoms with Gasteiger partial charge in [-0.05, 0) is 5.21 Å². The van der Waals surface area contributed by atoms with Crippen molar-refractivity contribution < 1.29 is 13.2 Å². The molecule has 9 nitrogen and oxygen atoms in total. The zero-order valence-electron chi connectivity index (χ0n) is 6.71. The lowest BCUT2D eigenvalue weighted by molar-refractivity contribution is 0.256. The number of hydrogen-bond acceptors (Lipinski definition) is 6. The molecule has 1 rings (SSSR count). The highest BCUT2D eigenvalue weighted by Gasteiger charge is 2.08. The van der Waals surface area contributed by atoms with Crippen LogP contribution < -0.4 is 15.2 Å². The molecule has 1 aromatic rings. The van der Waals surface area contributed by atoms with Crippen LogP contribution in [-0.2, 0) is 10.2 Å². The predicted octanol–water partition coefficient (Wildman–Crippen LogP) is -1.80. The van der Waals surface area contributed by atoms with Crippen LogP contribution in [0.15, 0.2) is 12.3 Å². The molecule has 0 atom stereocenters. The van der Waals surface area contributed by atoms with Crippen molar-refractivity contribution in [1.82, 2.24) is 20.1 Å². The highest BCUT2D eigenvalue weighted by Crippen LogP contribution is 1.95. The van der Waals surface area contributed by atoms with Crippen LogP contribution >= 0.6 is 0 Å². The summed E-state index contributed by atoms with van der Waals surface area (Å²) in [6.45, 7) is 0. The van der Waals surface area contributed by atoms with E-state index < -0.39 is 16.2 Å². The Morgan fingerprint density at radius 1 is 1.50 bits per heavy atom. The lowest BCUT2D eigenvalue weighted by Gasteiger charge is -2.02. The minimum atomic E-state index is -4.07. The number of nitrogens with two attached hydrogens (primary N) is 1. The lowest BCUT2D eigenvalue weighted by Crippen LogP contribution is -2.39. The minimum Gasteiger partial charge on any atom is -0.290 e. The Labute approximate surface area is 78.9 Å². The van der Waals surface area contributed by atoms with Crippen LogP contribution in [0, 0.1) is 0 Å². The number of anilines is 1. The molecule has 0 aliphatic carbocycles. The van der Waals surface area contributed by atoms with Crippen LogP contribution in [0.1, 0.15) is 0 Å². The van der Waals surface area contributed by atoms with Gasteiger partial charge in [0.25, 0.3) is 10.2 Å². The van der Waals surface area contributed by atoms with Gasteiger partial charge in [-0.25, -0.2) is 14.7 Å². The number of hydrogen-bond donors (Lipinski definition) is 3. The van der Waals surface area contributed by atoms with Crippen LogP contribution in [0.3, 0.4) is 0 Å². The van der Waals surface area contributed by atoms with Crippen LogP contribution in [-0.4, -0.2) is 29.9 Å². The second-order valence-electron chi connectivity index (χ2n) is 2.11. The van der Waals surface area contributed by atoms with Gasteiger partial charge in [0, 0.05) is 6.07 Å². The third-order valence-corrected chi connectivity index (χ3v) is 1.45. The van der Waals surface area contributed by atoms with Crippen molar-refractivity contribution in [3.63, 3.8) is 0 Å². The molecular weight excluding hydrogens is 212 g/mol. The fourth-order valence-corrected chi connectivity index (χ4v) is 0.888. The molecule has 76 valence electrons. The Morgan fingerprint density at radius 2 is 2.21 bits per heavy atom. The molecule has 0 spiro atoms. The molecule has 0 bridgehead atoms. The van der Waals surface area contributed by atoms with Gasteiger partial charge in [-0.15, -0.1) is 10.2 Å². The number of carbonyl (C=O) groups excluding carboxylic acids is 1. The van der Waals surface area contributed by atoms with Crippen LogP contribution in [0.2, 0.25) is 0 Å². The van der Waals surface area contributed by atoms with Crippen molar-refractivity contribution in [3.8, 4) is 0 Å². The SMILES string of the molecule is NS(=O)(=O)NC(=O)Nc1ccnnn1. The smallest absolute Gasteiger partial charge is 0.290 e. The monoisotopic (exact) mass is 218 g/mol. The van der Waals surface area contributed by atoms with Gasteiger partial charge in [0.15, 0.2) is 5.82 Å². The maximum Gasteiger partial charge on any atom is 0.335 e. The van der Waals surface area contributed by atoms with Gasteiger partial charge in [-0.2, -0.15) is 8.42 Å². The van der Waals surface area contributed by atoms with E-state index in [4.69, 9.17) is 0 Å². The summed E-state index contributed by atoms with van der Waals surface area (Å²) in [5.74, 6) is 0.0566. The highest BCUT2D eigenvalue weighted by molar-refractivity contribution is 7.87. The van der Waals surface area contributed by atoms with E-state index in [-0.39, 0.29) is 5.82 Å². The van der Waals surface area contributed by atoms with Gasteiger partial charge < -0.3 is 0 Å². The third kappa shape index (κ3) is 3.73. The maximum atomic E-state index is 10.9. The molecule has 0 unspecified atom stereocenters. The topological polar surface area (TPSA) is 140 Å². The molecule has 0 aliphatic rings. The molecule has 0 radical (unpaired) electrons. The first kappa shape index (κ1) is 10.3. The Balaban J connectivity index is 2.59. The quantitative estimate of drug-likeness (QED) is 0.534. The average Bonchev–Trinajstić information content (AvgIpc) is 2.02. The molecular formula is C4H6N6O3S. The van der Waals surface area contributed by atoms with Gasteiger partial charge in [0.2, 0.25) is 0 Å². The normalized spacial score (nSPS) is 10.6. The van der Waals surface area contributed by atoms with E-state index >= 15 is 0 Å². The minimum absolute atomic E-state index is 0.0566. The number of amides is 2. The summed E-state index contributed by atoms with van der Waals surface area (Å²) in [6.07, 6.45) is 1.28. The van der Waals surface area contributed by atoms with Crippen molar-refractivity contribution in [2.75, 3.05) is 5.32 Å². The summed E-state index contributed by atoms with van der Waals surface area (Å²) in [4.78, 5) is 10.9. The standard InChI is InChI=1S/C4H6N6O3S/c5-14(12,13)9-4(11)7-3-1-2-6-10-8-3/h1-2H,(H2,5,12,13)(H2,6,7,8,9,11). The molecule has 2 amide bonds. The van der Waals surface area contributed by atoms with Crippen molar-refractivity contribution in [2.45, 2.75) is 0 Å². The van der Waals surface area contributed by atoms with E-state index in [1.165, 1.54) is 17.0 Å². The molecule has 10 heteroatoms. The molecule has 0 fully saturated rings. The fraction of sp³-hybridized carbons (Fsp3) is 0. The number of nitrogens with zero attached hydrogens (tertiary/aromatic N) is 3.